The van der Waals surface area contributed by atoms with Crippen molar-refractivity contribution in [2.75, 3.05) is 26.2 Å². The molecule has 0 aliphatic carbocycles. The van der Waals surface area contributed by atoms with Gasteiger partial charge < -0.3 is 10.0 Å². The number of hydrogen-bond acceptors (Lipinski definition) is 2. The highest BCUT2D eigenvalue weighted by atomic mass is 16.4. The molecule has 1 N–H and O–H groups in total. The summed E-state index contributed by atoms with van der Waals surface area (Å²) in [5.41, 5.74) is 4.66. The normalized spacial score (nSPS) is 16.2. The summed E-state index contributed by atoms with van der Waals surface area (Å²) in [4.78, 5) is 14.7. The standard InChI is InChI=1S/C21H22N2O2/c1-3-20(22-11-13-23(14-12-22)21(24)25)18-9-6-8-17(15-18)19-10-5-4-7-16(19)2/h1,4-10,15,20H,11-14H2,2H3,(H,24,25). The topological polar surface area (TPSA) is 43.8 Å². The van der Waals surface area contributed by atoms with E-state index < -0.39 is 6.09 Å². The first-order valence-electron chi connectivity index (χ1n) is 8.44. The quantitative estimate of drug-likeness (QED) is 0.872. The van der Waals surface area contributed by atoms with E-state index in [2.05, 4.69) is 48.1 Å². The molecule has 1 saturated heterocycles. The van der Waals surface area contributed by atoms with Crippen molar-refractivity contribution < 1.29 is 9.90 Å². The van der Waals surface area contributed by atoms with Gasteiger partial charge in [0.15, 0.2) is 0 Å². The second-order valence-electron chi connectivity index (χ2n) is 6.32. The number of rotatable bonds is 3. The van der Waals surface area contributed by atoms with Crippen LogP contribution >= 0.6 is 0 Å². The van der Waals surface area contributed by atoms with E-state index in [-0.39, 0.29) is 6.04 Å². The van der Waals surface area contributed by atoms with Gasteiger partial charge in [0, 0.05) is 26.2 Å². The lowest BCUT2D eigenvalue weighted by Crippen LogP contribution is -2.49. The van der Waals surface area contributed by atoms with Crippen LogP contribution in [-0.2, 0) is 0 Å². The van der Waals surface area contributed by atoms with Crippen LogP contribution in [0, 0.1) is 19.3 Å². The van der Waals surface area contributed by atoms with Gasteiger partial charge in [0.2, 0.25) is 0 Å². The van der Waals surface area contributed by atoms with Crippen LogP contribution < -0.4 is 0 Å². The highest BCUT2D eigenvalue weighted by Crippen LogP contribution is 2.28. The summed E-state index contributed by atoms with van der Waals surface area (Å²) >= 11 is 0. The molecule has 1 fully saturated rings. The van der Waals surface area contributed by atoms with Crippen molar-refractivity contribution in [3.63, 3.8) is 0 Å². The van der Waals surface area contributed by atoms with E-state index in [0.29, 0.717) is 26.2 Å². The van der Waals surface area contributed by atoms with E-state index in [1.165, 1.54) is 16.0 Å². The largest absolute Gasteiger partial charge is 0.465 e. The predicted molar refractivity (Wildman–Crippen MR) is 99.4 cm³/mol. The second-order valence-corrected chi connectivity index (χ2v) is 6.32. The van der Waals surface area contributed by atoms with Gasteiger partial charge >= 0.3 is 6.09 Å². The number of hydrogen-bond donors (Lipinski definition) is 1. The molecule has 2 aromatic rings. The molecular weight excluding hydrogens is 312 g/mol. The third kappa shape index (κ3) is 3.67. The van der Waals surface area contributed by atoms with Crippen LogP contribution in [0.5, 0.6) is 0 Å². The fraction of sp³-hybridized carbons (Fsp3) is 0.286. The number of benzene rings is 2. The first-order valence-corrected chi connectivity index (χ1v) is 8.44. The van der Waals surface area contributed by atoms with Gasteiger partial charge in [-0.25, -0.2) is 4.79 Å². The Morgan fingerprint density at radius 3 is 2.48 bits per heavy atom. The molecule has 0 bridgehead atoms. The van der Waals surface area contributed by atoms with E-state index in [0.717, 1.165) is 11.1 Å². The molecule has 128 valence electrons. The van der Waals surface area contributed by atoms with E-state index in [9.17, 15) is 4.79 Å². The molecule has 25 heavy (non-hydrogen) atoms. The summed E-state index contributed by atoms with van der Waals surface area (Å²) < 4.78 is 0. The lowest BCUT2D eigenvalue weighted by atomic mass is 9.96. The molecular formula is C21H22N2O2. The zero-order chi connectivity index (χ0) is 17.8. The molecule has 1 aliphatic heterocycles. The molecule has 1 unspecified atom stereocenters. The van der Waals surface area contributed by atoms with Gasteiger partial charge in [-0.3, -0.25) is 4.90 Å². The molecule has 0 radical (unpaired) electrons. The Morgan fingerprint density at radius 2 is 1.84 bits per heavy atom. The summed E-state index contributed by atoms with van der Waals surface area (Å²) in [6.07, 6.45) is 4.96. The van der Waals surface area contributed by atoms with Crippen molar-refractivity contribution >= 4 is 6.09 Å². The van der Waals surface area contributed by atoms with Crippen molar-refractivity contribution in [3.8, 4) is 23.5 Å². The van der Waals surface area contributed by atoms with Gasteiger partial charge in [-0.05, 0) is 35.2 Å². The van der Waals surface area contributed by atoms with Crippen LogP contribution in [-0.4, -0.2) is 47.2 Å². The van der Waals surface area contributed by atoms with E-state index in [1.54, 1.807) is 0 Å². The zero-order valence-corrected chi connectivity index (χ0v) is 14.4. The third-order valence-electron chi connectivity index (χ3n) is 4.77. The van der Waals surface area contributed by atoms with Gasteiger partial charge in [-0.1, -0.05) is 48.4 Å². The average molecular weight is 334 g/mol. The van der Waals surface area contributed by atoms with Crippen molar-refractivity contribution in [3.05, 3.63) is 59.7 Å². The van der Waals surface area contributed by atoms with Crippen LogP contribution in [0.15, 0.2) is 48.5 Å². The number of carboxylic acid groups (broad SMARTS) is 1. The smallest absolute Gasteiger partial charge is 0.407 e. The minimum Gasteiger partial charge on any atom is -0.465 e. The molecule has 1 aliphatic rings. The number of carbonyl (C=O) groups is 1. The zero-order valence-electron chi connectivity index (χ0n) is 14.4. The van der Waals surface area contributed by atoms with Crippen LogP contribution in [0.25, 0.3) is 11.1 Å². The molecule has 4 nitrogen and oxygen atoms in total. The van der Waals surface area contributed by atoms with E-state index in [1.807, 2.05) is 18.2 Å². The maximum absolute atomic E-state index is 11.1. The summed E-state index contributed by atoms with van der Waals surface area (Å²) in [5.74, 6) is 2.89. The highest BCUT2D eigenvalue weighted by Gasteiger charge is 2.25. The Bertz CT molecular complexity index is 802. The number of piperazine rings is 1. The Balaban J connectivity index is 1.83. The number of aryl methyl sites for hydroxylation is 1. The summed E-state index contributed by atoms with van der Waals surface area (Å²) in [6, 6.07) is 16.5. The molecule has 4 heteroatoms. The average Bonchev–Trinajstić information content (AvgIpc) is 2.63. The molecule has 3 rings (SSSR count). The van der Waals surface area contributed by atoms with Gasteiger partial charge in [-0.2, -0.15) is 0 Å². The fourth-order valence-corrected chi connectivity index (χ4v) is 3.36. The van der Waals surface area contributed by atoms with Gasteiger partial charge in [0.1, 0.15) is 0 Å². The molecule has 0 aromatic heterocycles. The lowest BCUT2D eigenvalue weighted by molar-refractivity contribution is 0.0963. The molecule has 2 aromatic carbocycles. The van der Waals surface area contributed by atoms with Crippen molar-refractivity contribution in [1.29, 1.82) is 0 Å². The van der Waals surface area contributed by atoms with Crippen LogP contribution in [0.4, 0.5) is 4.79 Å². The van der Waals surface area contributed by atoms with E-state index >= 15 is 0 Å². The van der Waals surface area contributed by atoms with Crippen LogP contribution in [0.1, 0.15) is 17.2 Å². The molecule has 1 atom stereocenters. The predicted octanol–water partition coefficient (Wildman–Crippen LogP) is 3.63. The lowest BCUT2D eigenvalue weighted by Gasteiger charge is -2.36. The Hall–Kier alpha value is -2.77. The molecule has 0 saturated carbocycles. The van der Waals surface area contributed by atoms with Gasteiger partial charge in [0.25, 0.3) is 0 Å². The Kier molecular flexibility index (Phi) is 5.06. The van der Waals surface area contributed by atoms with Gasteiger partial charge in [0.05, 0.1) is 6.04 Å². The molecule has 0 spiro atoms. The number of nitrogens with zero attached hydrogens (tertiary/aromatic N) is 2. The highest BCUT2D eigenvalue weighted by molar-refractivity contribution is 5.68. The van der Waals surface area contributed by atoms with Crippen LogP contribution in [0.2, 0.25) is 0 Å². The Morgan fingerprint density at radius 1 is 1.12 bits per heavy atom. The number of amides is 1. The van der Waals surface area contributed by atoms with E-state index in [4.69, 9.17) is 11.5 Å². The summed E-state index contributed by atoms with van der Waals surface area (Å²) in [7, 11) is 0. The van der Waals surface area contributed by atoms with Crippen molar-refractivity contribution in [1.82, 2.24) is 9.80 Å². The number of terminal acetylenes is 1. The minimum atomic E-state index is -0.863. The second kappa shape index (κ2) is 7.42. The Labute approximate surface area is 148 Å². The van der Waals surface area contributed by atoms with Crippen molar-refractivity contribution in [2.45, 2.75) is 13.0 Å². The van der Waals surface area contributed by atoms with Crippen LogP contribution in [0.3, 0.4) is 0 Å². The third-order valence-corrected chi connectivity index (χ3v) is 4.77. The first-order chi connectivity index (χ1) is 12.1. The SMILES string of the molecule is C#CC(c1cccc(-c2ccccc2C)c1)N1CCN(C(=O)O)CC1. The fourth-order valence-electron chi connectivity index (χ4n) is 3.36. The first kappa shape index (κ1) is 17.1. The molecule has 1 amide bonds. The van der Waals surface area contributed by atoms with Crippen molar-refractivity contribution in [2.24, 2.45) is 0 Å². The van der Waals surface area contributed by atoms with Gasteiger partial charge in [-0.15, -0.1) is 6.42 Å². The monoisotopic (exact) mass is 334 g/mol. The summed E-state index contributed by atoms with van der Waals surface area (Å²) in [6.45, 7) is 4.38. The minimum absolute atomic E-state index is 0.139. The summed E-state index contributed by atoms with van der Waals surface area (Å²) in [5, 5.41) is 9.09. The molecule has 1 heterocycles. The maximum Gasteiger partial charge on any atom is 0.407 e. The maximum atomic E-state index is 11.1.